The van der Waals surface area contributed by atoms with Gasteiger partial charge in [0, 0.05) is 38.4 Å². The summed E-state index contributed by atoms with van der Waals surface area (Å²) in [6.07, 6.45) is 6.46. The summed E-state index contributed by atoms with van der Waals surface area (Å²) < 4.78 is 26.9. The Kier molecular flexibility index (Phi) is 3.83. The molecule has 1 fully saturated rings. The van der Waals surface area contributed by atoms with E-state index in [1.54, 1.807) is 10.5 Å². The van der Waals surface area contributed by atoms with Gasteiger partial charge in [0.15, 0.2) is 0 Å². The monoisotopic (exact) mass is 257 g/mol. The number of aryl methyl sites for hydroxylation is 1. The largest absolute Gasteiger partial charge is 0.334 e. The summed E-state index contributed by atoms with van der Waals surface area (Å²) in [4.78, 5) is 4.28. The minimum atomic E-state index is -2.97. The topological polar surface area (TPSA) is 55.2 Å². The minimum absolute atomic E-state index is 0.304. The van der Waals surface area contributed by atoms with Crippen LogP contribution in [0.25, 0.3) is 0 Å². The Bertz CT molecular complexity index is 467. The molecule has 2 heterocycles. The summed E-state index contributed by atoms with van der Waals surface area (Å²) in [7, 11) is -2.97. The lowest BCUT2D eigenvalue weighted by Gasteiger charge is -2.15. The SMILES string of the molecule is CCCc1nccn1CCN1CCCS1(=O)=O. The average molecular weight is 257 g/mol. The van der Waals surface area contributed by atoms with Crippen LogP contribution in [0.2, 0.25) is 0 Å². The van der Waals surface area contributed by atoms with Crippen LogP contribution < -0.4 is 0 Å². The number of hydrogen-bond acceptors (Lipinski definition) is 3. The van der Waals surface area contributed by atoms with E-state index in [0.29, 0.717) is 25.4 Å². The molecular weight excluding hydrogens is 238 g/mol. The maximum atomic E-state index is 11.6. The summed E-state index contributed by atoms with van der Waals surface area (Å²) in [5, 5.41) is 0. The zero-order valence-electron chi connectivity index (χ0n) is 10.2. The van der Waals surface area contributed by atoms with Crippen LogP contribution in [0, 0.1) is 0 Å². The van der Waals surface area contributed by atoms with Crippen LogP contribution in [-0.4, -0.2) is 41.1 Å². The lowest BCUT2D eigenvalue weighted by molar-refractivity contribution is 0.416. The third-order valence-electron chi connectivity index (χ3n) is 3.07. The van der Waals surface area contributed by atoms with Gasteiger partial charge in [-0.15, -0.1) is 0 Å². The molecule has 2 rings (SSSR count). The molecule has 0 unspecified atom stereocenters. The van der Waals surface area contributed by atoms with Gasteiger partial charge in [0.2, 0.25) is 10.0 Å². The van der Waals surface area contributed by atoms with Crippen molar-refractivity contribution in [3.63, 3.8) is 0 Å². The van der Waals surface area contributed by atoms with Crippen molar-refractivity contribution in [2.45, 2.75) is 32.7 Å². The molecule has 0 N–H and O–H groups in total. The van der Waals surface area contributed by atoms with Crippen molar-refractivity contribution in [1.82, 2.24) is 13.9 Å². The second kappa shape index (κ2) is 5.18. The Balaban J connectivity index is 1.96. The zero-order valence-corrected chi connectivity index (χ0v) is 11.0. The number of rotatable bonds is 5. The molecule has 1 aromatic heterocycles. The maximum Gasteiger partial charge on any atom is 0.214 e. The maximum absolute atomic E-state index is 11.6. The van der Waals surface area contributed by atoms with Gasteiger partial charge >= 0.3 is 0 Å². The average Bonchev–Trinajstić information content (AvgIpc) is 2.83. The van der Waals surface area contributed by atoms with Crippen molar-refractivity contribution >= 4 is 10.0 Å². The molecule has 0 saturated carbocycles. The number of aromatic nitrogens is 2. The number of nitrogens with zero attached hydrogens (tertiary/aromatic N) is 3. The van der Waals surface area contributed by atoms with Crippen molar-refractivity contribution < 1.29 is 8.42 Å². The van der Waals surface area contributed by atoms with E-state index in [-0.39, 0.29) is 0 Å². The molecule has 0 radical (unpaired) electrons. The normalized spacial score (nSPS) is 19.8. The molecule has 1 aliphatic rings. The molecule has 0 amide bonds. The second-order valence-corrected chi connectivity index (χ2v) is 6.44. The van der Waals surface area contributed by atoms with E-state index in [1.807, 2.05) is 6.20 Å². The van der Waals surface area contributed by atoms with Crippen molar-refractivity contribution in [3.8, 4) is 0 Å². The van der Waals surface area contributed by atoms with Crippen LogP contribution in [0.5, 0.6) is 0 Å². The van der Waals surface area contributed by atoms with Crippen LogP contribution in [-0.2, 0) is 23.0 Å². The summed E-state index contributed by atoms with van der Waals surface area (Å²) >= 11 is 0. The van der Waals surface area contributed by atoms with Gasteiger partial charge in [-0.05, 0) is 12.8 Å². The first-order valence-electron chi connectivity index (χ1n) is 6.11. The second-order valence-electron chi connectivity index (χ2n) is 4.36. The highest BCUT2D eigenvalue weighted by Gasteiger charge is 2.27. The summed E-state index contributed by atoms with van der Waals surface area (Å²) in [5.41, 5.74) is 0. The molecule has 0 bridgehead atoms. The van der Waals surface area contributed by atoms with Gasteiger partial charge in [-0.2, -0.15) is 0 Å². The summed E-state index contributed by atoms with van der Waals surface area (Å²) in [5.74, 6) is 1.35. The Morgan fingerprint density at radius 3 is 2.88 bits per heavy atom. The lowest BCUT2D eigenvalue weighted by Crippen LogP contribution is -2.29. The Morgan fingerprint density at radius 1 is 1.41 bits per heavy atom. The molecule has 0 aliphatic carbocycles. The van der Waals surface area contributed by atoms with Crippen molar-refractivity contribution in [2.75, 3.05) is 18.8 Å². The molecule has 5 nitrogen and oxygen atoms in total. The molecule has 6 heteroatoms. The summed E-state index contributed by atoms with van der Waals surface area (Å²) in [6.45, 7) is 4.05. The van der Waals surface area contributed by atoms with Gasteiger partial charge in [-0.3, -0.25) is 0 Å². The molecule has 17 heavy (non-hydrogen) atoms. The van der Waals surface area contributed by atoms with Crippen LogP contribution >= 0.6 is 0 Å². The predicted octanol–water partition coefficient (Wildman–Crippen LogP) is 0.871. The van der Waals surface area contributed by atoms with E-state index in [2.05, 4.69) is 16.5 Å². The molecule has 0 atom stereocenters. The predicted molar refractivity (Wildman–Crippen MR) is 66.2 cm³/mol. The van der Waals surface area contributed by atoms with E-state index in [9.17, 15) is 8.42 Å². The Hall–Kier alpha value is -0.880. The molecular formula is C11H19N3O2S. The fourth-order valence-electron chi connectivity index (χ4n) is 2.16. The third kappa shape index (κ3) is 2.87. The van der Waals surface area contributed by atoms with Gasteiger partial charge < -0.3 is 4.57 Å². The fourth-order valence-corrected chi connectivity index (χ4v) is 3.68. The van der Waals surface area contributed by atoms with E-state index in [0.717, 1.165) is 25.1 Å². The molecule has 0 spiro atoms. The van der Waals surface area contributed by atoms with Crippen molar-refractivity contribution in [1.29, 1.82) is 0 Å². The van der Waals surface area contributed by atoms with E-state index in [4.69, 9.17) is 0 Å². The van der Waals surface area contributed by atoms with Crippen LogP contribution in [0.1, 0.15) is 25.6 Å². The highest BCUT2D eigenvalue weighted by atomic mass is 32.2. The molecule has 0 aromatic carbocycles. The highest BCUT2D eigenvalue weighted by Crippen LogP contribution is 2.13. The highest BCUT2D eigenvalue weighted by molar-refractivity contribution is 7.89. The third-order valence-corrected chi connectivity index (χ3v) is 5.03. The lowest BCUT2D eigenvalue weighted by atomic mass is 10.3. The molecule has 1 aromatic rings. The number of hydrogen-bond donors (Lipinski definition) is 0. The number of imidazole rings is 1. The van der Waals surface area contributed by atoms with Crippen molar-refractivity contribution in [2.24, 2.45) is 0 Å². The van der Waals surface area contributed by atoms with E-state index in [1.165, 1.54) is 0 Å². The van der Waals surface area contributed by atoms with E-state index >= 15 is 0 Å². The standard InChI is InChI=1S/C11H19N3O2S/c1-2-4-11-12-5-7-13(11)8-9-14-6-3-10-17(14,15)16/h5,7H,2-4,6,8-10H2,1H3. The quantitative estimate of drug-likeness (QED) is 0.786. The van der Waals surface area contributed by atoms with Crippen LogP contribution in [0.15, 0.2) is 12.4 Å². The number of sulfonamides is 1. The molecule has 1 aliphatic heterocycles. The summed E-state index contributed by atoms with van der Waals surface area (Å²) in [6, 6.07) is 0. The Labute approximate surface area is 103 Å². The minimum Gasteiger partial charge on any atom is -0.334 e. The first kappa shape index (κ1) is 12.6. The molecule has 96 valence electrons. The van der Waals surface area contributed by atoms with Gasteiger partial charge in [0.25, 0.3) is 0 Å². The fraction of sp³-hybridized carbons (Fsp3) is 0.727. The first-order valence-corrected chi connectivity index (χ1v) is 7.72. The van der Waals surface area contributed by atoms with Gasteiger partial charge in [0.1, 0.15) is 5.82 Å². The zero-order chi connectivity index (χ0) is 12.3. The Morgan fingerprint density at radius 2 is 2.24 bits per heavy atom. The van der Waals surface area contributed by atoms with Crippen molar-refractivity contribution in [3.05, 3.63) is 18.2 Å². The van der Waals surface area contributed by atoms with Crippen LogP contribution in [0.4, 0.5) is 0 Å². The van der Waals surface area contributed by atoms with Gasteiger partial charge in [-0.1, -0.05) is 6.92 Å². The van der Waals surface area contributed by atoms with E-state index < -0.39 is 10.0 Å². The smallest absolute Gasteiger partial charge is 0.214 e. The first-order chi connectivity index (χ1) is 8.13. The molecule has 1 saturated heterocycles. The van der Waals surface area contributed by atoms with Gasteiger partial charge in [0.05, 0.1) is 5.75 Å². The van der Waals surface area contributed by atoms with Crippen LogP contribution in [0.3, 0.4) is 0 Å². The van der Waals surface area contributed by atoms with Gasteiger partial charge in [-0.25, -0.2) is 17.7 Å².